The van der Waals surface area contributed by atoms with Crippen LogP contribution in [0.1, 0.15) is 38.1 Å². The number of primary amides is 1. The number of carbonyl (C=O) groups is 5. The Hall–Kier alpha value is -1.52. The lowest BCUT2D eigenvalue weighted by atomic mass is 10.1. The third-order valence-electron chi connectivity index (χ3n) is 4.64. The molecule has 0 aliphatic carbocycles. The van der Waals surface area contributed by atoms with Crippen molar-refractivity contribution in [2.75, 3.05) is 30.4 Å². The molecule has 1 aromatic carbocycles. The first-order chi connectivity index (χ1) is 17.1. The minimum atomic E-state index is -0.935. The molecule has 1 aliphatic rings. The summed E-state index contributed by atoms with van der Waals surface area (Å²) in [4.78, 5) is 60.4. The molecular weight excluding hydrogens is 833 g/mol. The van der Waals surface area contributed by atoms with Crippen molar-refractivity contribution in [3.63, 3.8) is 0 Å². The number of halogens is 3. The van der Waals surface area contributed by atoms with E-state index in [9.17, 15) is 24.0 Å². The Morgan fingerprint density at radius 1 is 1.03 bits per heavy atom. The van der Waals surface area contributed by atoms with E-state index in [0.717, 1.165) is 0 Å². The van der Waals surface area contributed by atoms with Crippen LogP contribution >= 0.6 is 67.8 Å². The Balaban J connectivity index is 2.39. The van der Waals surface area contributed by atoms with Gasteiger partial charge in [0.05, 0.1) is 40.8 Å². The summed E-state index contributed by atoms with van der Waals surface area (Å²) in [6, 6.07) is -0.869. The topological polar surface area (TPSA) is 184 Å². The summed E-state index contributed by atoms with van der Waals surface area (Å²) in [5.74, 6) is -3.23. The normalized spacial score (nSPS) is 16.9. The van der Waals surface area contributed by atoms with Crippen LogP contribution in [0.25, 0.3) is 0 Å². The molecule has 1 heterocycles. The fraction of sp³-hybridized carbons (Fsp3) is 0.476. The molecule has 2 atom stereocenters. The fourth-order valence-corrected chi connectivity index (χ4v) is 7.30. The minimum Gasteiger partial charge on any atom is -0.462 e. The highest BCUT2D eigenvalue weighted by Crippen LogP contribution is 2.39. The molecule has 1 saturated heterocycles. The second-order valence-corrected chi connectivity index (χ2v) is 11.3. The Labute approximate surface area is 253 Å². The smallest absolute Gasteiger partial charge is 0.316 e. The zero-order valence-electron chi connectivity index (χ0n) is 20.2. The molecule has 204 valence electrons. The SMILES string of the molecule is CC(=O)OCC(CNC(=O)c1c(I)c(NC(N)=O)c(I)c(NC(=O)C2COC(C)(C)O2)c1I)OC(C)=O. The predicted molar refractivity (Wildman–Crippen MR) is 156 cm³/mol. The third kappa shape index (κ3) is 9.03. The van der Waals surface area contributed by atoms with Crippen LogP contribution in [0.15, 0.2) is 0 Å². The number of hydrogen-bond acceptors (Lipinski definition) is 9. The van der Waals surface area contributed by atoms with E-state index in [1.807, 2.05) is 67.8 Å². The van der Waals surface area contributed by atoms with Crippen LogP contribution in [-0.4, -0.2) is 67.5 Å². The number of nitrogens with two attached hydrogens (primary N) is 1. The van der Waals surface area contributed by atoms with Gasteiger partial charge in [0.1, 0.15) is 6.61 Å². The Kier molecular flexibility index (Phi) is 11.6. The van der Waals surface area contributed by atoms with Crippen molar-refractivity contribution < 1.29 is 42.9 Å². The van der Waals surface area contributed by atoms with E-state index >= 15 is 0 Å². The van der Waals surface area contributed by atoms with Gasteiger partial charge in [0.15, 0.2) is 18.0 Å². The van der Waals surface area contributed by atoms with Gasteiger partial charge in [-0.15, -0.1) is 0 Å². The first kappa shape index (κ1) is 31.7. The van der Waals surface area contributed by atoms with Gasteiger partial charge in [-0.2, -0.15) is 0 Å². The molecule has 0 saturated carbocycles. The molecular formula is C21H25I3N4O9. The molecule has 4 amide bonds. The van der Waals surface area contributed by atoms with Crippen LogP contribution in [0.2, 0.25) is 0 Å². The number of rotatable bonds is 9. The van der Waals surface area contributed by atoms with E-state index in [2.05, 4.69) is 16.0 Å². The van der Waals surface area contributed by atoms with E-state index < -0.39 is 47.8 Å². The van der Waals surface area contributed by atoms with E-state index in [1.165, 1.54) is 13.8 Å². The van der Waals surface area contributed by atoms with Gasteiger partial charge in [-0.3, -0.25) is 19.2 Å². The summed E-state index contributed by atoms with van der Waals surface area (Å²) in [5.41, 5.74) is 5.93. The molecule has 1 aromatic rings. The van der Waals surface area contributed by atoms with Crippen molar-refractivity contribution in [3.05, 3.63) is 16.3 Å². The molecule has 0 bridgehead atoms. The van der Waals surface area contributed by atoms with Crippen LogP contribution in [0.5, 0.6) is 0 Å². The number of amides is 4. The Bertz CT molecular complexity index is 1110. The maximum Gasteiger partial charge on any atom is 0.316 e. The highest BCUT2D eigenvalue weighted by atomic mass is 127. The summed E-state index contributed by atoms with van der Waals surface area (Å²) >= 11 is 5.72. The van der Waals surface area contributed by atoms with E-state index in [1.54, 1.807) is 13.8 Å². The van der Waals surface area contributed by atoms with Gasteiger partial charge >= 0.3 is 18.0 Å². The molecule has 5 N–H and O–H groups in total. The molecule has 37 heavy (non-hydrogen) atoms. The zero-order valence-corrected chi connectivity index (χ0v) is 26.6. The van der Waals surface area contributed by atoms with Gasteiger partial charge in [-0.05, 0) is 81.6 Å². The van der Waals surface area contributed by atoms with E-state index in [-0.39, 0.29) is 36.7 Å². The lowest BCUT2D eigenvalue weighted by molar-refractivity contribution is -0.155. The van der Waals surface area contributed by atoms with Crippen LogP contribution < -0.4 is 21.7 Å². The van der Waals surface area contributed by atoms with Crippen LogP contribution in [0, 0.1) is 10.7 Å². The van der Waals surface area contributed by atoms with E-state index in [4.69, 9.17) is 24.7 Å². The largest absolute Gasteiger partial charge is 0.462 e. The number of esters is 2. The van der Waals surface area contributed by atoms with Gasteiger partial charge < -0.3 is 40.6 Å². The molecule has 16 heteroatoms. The number of benzene rings is 1. The summed E-state index contributed by atoms with van der Waals surface area (Å²) < 4.78 is 22.2. The minimum absolute atomic E-state index is 0.0377. The highest BCUT2D eigenvalue weighted by molar-refractivity contribution is 14.1. The van der Waals surface area contributed by atoms with E-state index in [0.29, 0.717) is 10.7 Å². The summed E-state index contributed by atoms with van der Waals surface area (Å²) in [7, 11) is 0. The van der Waals surface area contributed by atoms with Crippen LogP contribution in [0.4, 0.5) is 16.2 Å². The lowest BCUT2D eigenvalue weighted by Crippen LogP contribution is -2.38. The van der Waals surface area contributed by atoms with Crippen LogP contribution in [0.3, 0.4) is 0 Å². The average molecular weight is 858 g/mol. The maximum absolute atomic E-state index is 13.3. The number of urea groups is 1. The highest BCUT2D eigenvalue weighted by Gasteiger charge is 2.38. The number of ether oxygens (including phenoxy) is 4. The molecule has 1 aliphatic heterocycles. The Morgan fingerprint density at radius 3 is 2.11 bits per heavy atom. The van der Waals surface area contributed by atoms with Crippen molar-refractivity contribution in [1.82, 2.24) is 5.32 Å². The van der Waals surface area contributed by atoms with Gasteiger partial charge in [-0.1, -0.05) is 0 Å². The number of nitrogens with one attached hydrogen (secondary N) is 3. The molecule has 2 rings (SSSR count). The Morgan fingerprint density at radius 2 is 1.62 bits per heavy atom. The monoisotopic (exact) mass is 858 g/mol. The first-order valence-electron chi connectivity index (χ1n) is 10.6. The van der Waals surface area contributed by atoms with Crippen LogP contribution in [-0.2, 0) is 33.3 Å². The second kappa shape index (κ2) is 13.5. The molecule has 0 aromatic heterocycles. The van der Waals surface area contributed by atoms with Crippen molar-refractivity contribution in [2.45, 2.75) is 45.7 Å². The van der Waals surface area contributed by atoms with Crippen molar-refractivity contribution in [3.8, 4) is 0 Å². The maximum atomic E-state index is 13.3. The predicted octanol–water partition coefficient (Wildman–Crippen LogP) is 2.31. The molecule has 0 spiro atoms. The summed E-state index contributed by atoms with van der Waals surface area (Å²) in [6.45, 7) is 5.35. The zero-order chi connectivity index (χ0) is 28.1. The van der Waals surface area contributed by atoms with Gasteiger partial charge in [-0.25, -0.2) is 4.79 Å². The molecule has 13 nitrogen and oxygen atoms in total. The second-order valence-electron chi connectivity index (χ2n) is 8.11. The summed E-state index contributed by atoms with van der Waals surface area (Å²) in [6.07, 6.45) is -1.83. The summed E-state index contributed by atoms with van der Waals surface area (Å²) in [5, 5.41) is 7.88. The molecule has 1 fully saturated rings. The molecule has 0 radical (unpaired) electrons. The van der Waals surface area contributed by atoms with Gasteiger partial charge in [0.25, 0.3) is 11.8 Å². The standard InChI is InChI=1S/C21H25I3N4O9/c1-8(29)34-6-10(36-9(2)30)5-26-19(32)12-13(22)16(15(24)17(14(12)23)28-20(25)33)27-18(31)11-7-35-21(3,4)37-11/h10-11H,5-7H2,1-4H3,(H,26,32)(H,27,31)(H3,25,28,33). The van der Waals surface area contributed by atoms with Gasteiger partial charge in [0, 0.05) is 13.8 Å². The fourth-order valence-electron chi connectivity index (χ4n) is 3.10. The quantitative estimate of drug-likeness (QED) is 0.214. The molecule has 2 unspecified atom stereocenters. The van der Waals surface area contributed by atoms with Crippen molar-refractivity contribution >= 4 is 109 Å². The average Bonchev–Trinajstić information content (AvgIpc) is 3.15. The van der Waals surface area contributed by atoms with Crippen molar-refractivity contribution in [2.24, 2.45) is 5.73 Å². The number of hydrogen-bond donors (Lipinski definition) is 4. The van der Waals surface area contributed by atoms with Gasteiger partial charge in [0.2, 0.25) is 0 Å². The van der Waals surface area contributed by atoms with Crippen molar-refractivity contribution in [1.29, 1.82) is 0 Å². The first-order valence-corrected chi connectivity index (χ1v) is 13.8. The number of carbonyl (C=O) groups excluding carboxylic acids is 5. The number of anilines is 2. The third-order valence-corrected chi connectivity index (χ3v) is 7.87. The lowest BCUT2D eigenvalue weighted by Gasteiger charge is -2.22.